The Bertz CT molecular complexity index is 528. The number of aliphatic hydroxyl groups is 1. The number of rotatable bonds is 5. The van der Waals surface area contributed by atoms with Gasteiger partial charge in [-0.1, -0.05) is 18.2 Å². The van der Waals surface area contributed by atoms with Crippen LogP contribution in [0.4, 0.5) is 4.39 Å². The van der Waals surface area contributed by atoms with E-state index in [4.69, 9.17) is 9.47 Å². The summed E-state index contributed by atoms with van der Waals surface area (Å²) >= 11 is 0. The molecule has 0 fully saturated rings. The minimum atomic E-state index is -1.02. The lowest BCUT2D eigenvalue weighted by Crippen LogP contribution is -2.11. The maximum absolute atomic E-state index is 13.7. The minimum absolute atomic E-state index is 0.00668. The standard InChI is InChI=1S/C15H15FO3/c1-18-12-7-8-13(14(16)9-12)15(17)10-19-11-5-3-2-4-6-11/h2-9,15,17H,10H2,1H3. The molecule has 4 heteroatoms. The quantitative estimate of drug-likeness (QED) is 0.900. The van der Waals surface area contributed by atoms with Gasteiger partial charge in [0.2, 0.25) is 0 Å². The van der Waals surface area contributed by atoms with Crippen molar-refractivity contribution >= 4 is 0 Å². The Morgan fingerprint density at radius 1 is 1.11 bits per heavy atom. The van der Waals surface area contributed by atoms with Gasteiger partial charge in [0, 0.05) is 11.6 Å². The molecule has 1 N–H and O–H groups in total. The molecule has 0 spiro atoms. The molecule has 3 nitrogen and oxygen atoms in total. The predicted octanol–water partition coefficient (Wildman–Crippen LogP) is 2.95. The third-order valence-electron chi connectivity index (χ3n) is 2.72. The average Bonchev–Trinajstić information content (AvgIpc) is 2.45. The summed E-state index contributed by atoms with van der Waals surface area (Å²) in [4.78, 5) is 0. The van der Waals surface area contributed by atoms with Crippen LogP contribution in [-0.4, -0.2) is 18.8 Å². The van der Waals surface area contributed by atoms with Crippen LogP contribution in [0.25, 0.3) is 0 Å². The number of hydrogen-bond acceptors (Lipinski definition) is 3. The number of benzene rings is 2. The number of aliphatic hydroxyl groups excluding tert-OH is 1. The van der Waals surface area contributed by atoms with Crippen LogP contribution < -0.4 is 9.47 Å². The predicted molar refractivity (Wildman–Crippen MR) is 69.8 cm³/mol. The highest BCUT2D eigenvalue weighted by molar-refractivity contribution is 5.30. The number of hydrogen-bond donors (Lipinski definition) is 1. The Labute approximate surface area is 111 Å². The Morgan fingerprint density at radius 2 is 1.84 bits per heavy atom. The fraction of sp³-hybridized carbons (Fsp3) is 0.200. The molecule has 0 aromatic heterocycles. The van der Waals surface area contributed by atoms with Gasteiger partial charge in [0.15, 0.2) is 0 Å². The van der Waals surface area contributed by atoms with Crippen molar-refractivity contribution < 1.29 is 19.0 Å². The van der Waals surface area contributed by atoms with Crippen molar-refractivity contribution in [3.8, 4) is 11.5 Å². The van der Waals surface area contributed by atoms with Crippen molar-refractivity contribution in [2.24, 2.45) is 0 Å². The van der Waals surface area contributed by atoms with Gasteiger partial charge in [-0.2, -0.15) is 0 Å². The summed E-state index contributed by atoms with van der Waals surface area (Å²) in [7, 11) is 1.46. The Morgan fingerprint density at radius 3 is 2.47 bits per heavy atom. The summed E-state index contributed by atoms with van der Waals surface area (Å²) in [5.41, 5.74) is 0.191. The molecule has 100 valence electrons. The second kappa shape index (κ2) is 6.20. The lowest BCUT2D eigenvalue weighted by atomic mass is 10.1. The first-order valence-corrected chi connectivity index (χ1v) is 5.90. The average molecular weight is 262 g/mol. The number of ether oxygens (including phenoxy) is 2. The van der Waals surface area contributed by atoms with E-state index in [1.54, 1.807) is 18.2 Å². The van der Waals surface area contributed by atoms with E-state index >= 15 is 0 Å². The van der Waals surface area contributed by atoms with E-state index in [2.05, 4.69) is 0 Å². The number of para-hydroxylation sites is 1. The third kappa shape index (κ3) is 3.45. The first kappa shape index (κ1) is 13.4. The fourth-order valence-corrected chi connectivity index (χ4v) is 1.69. The van der Waals surface area contributed by atoms with Gasteiger partial charge in [-0.25, -0.2) is 4.39 Å². The van der Waals surface area contributed by atoms with Gasteiger partial charge in [-0.15, -0.1) is 0 Å². The first-order chi connectivity index (χ1) is 9.20. The van der Waals surface area contributed by atoms with Gasteiger partial charge in [-0.3, -0.25) is 0 Å². The molecule has 0 radical (unpaired) electrons. The molecule has 0 saturated heterocycles. The molecular weight excluding hydrogens is 247 g/mol. The van der Waals surface area contributed by atoms with Gasteiger partial charge >= 0.3 is 0 Å². The molecule has 2 aromatic carbocycles. The highest BCUT2D eigenvalue weighted by Gasteiger charge is 2.14. The highest BCUT2D eigenvalue weighted by Crippen LogP contribution is 2.22. The van der Waals surface area contributed by atoms with Crippen LogP contribution in [0.15, 0.2) is 48.5 Å². The van der Waals surface area contributed by atoms with Crippen molar-refractivity contribution in [3.05, 3.63) is 59.9 Å². The molecule has 19 heavy (non-hydrogen) atoms. The van der Waals surface area contributed by atoms with Crippen molar-refractivity contribution in [2.75, 3.05) is 13.7 Å². The molecule has 0 bridgehead atoms. The van der Waals surface area contributed by atoms with Gasteiger partial charge in [0.25, 0.3) is 0 Å². The van der Waals surface area contributed by atoms with Crippen molar-refractivity contribution in [1.29, 1.82) is 0 Å². The van der Waals surface area contributed by atoms with Gasteiger partial charge in [0.1, 0.15) is 30.0 Å². The fourth-order valence-electron chi connectivity index (χ4n) is 1.69. The van der Waals surface area contributed by atoms with E-state index in [9.17, 15) is 9.50 Å². The van der Waals surface area contributed by atoms with Gasteiger partial charge in [0.05, 0.1) is 7.11 Å². The van der Waals surface area contributed by atoms with E-state index in [1.807, 2.05) is 18.2 Å². The van der Waals surface area contributed by atoms with Crippen LogP contribution >= 0.6 is 0 Å². The van der Waals surface area contributed by atoms with Crippen LogP contribution in [0, 0.1) is 5.82 Å². The third-order valence-corrected chi connectivity index (χ3v) is 2.72. The van der Waals surface area contributed by atoms with Crippen LogP contribution in [0.1, 0.15) is 11.7 Å². The summed E-state index contributed by atoms with van der Waals surface area (Å²) < 4.78 is 24.0. The van der Waals surface area contributed by atoms with Gasteiger partial charge < -0.3 is 14.6 Å². The zero-order valence-electron chi connectivity index (χ0n) is 10.5. The molecule has 0 saturated carbocycles. The minimum Gasteiger partial charge on any atom is -0.497 e. The molecule has 0 amide bonds. The molecule has 0 aliphatic rings. The first-order valence-electron chi connectivity index (χ1n) is 5.90. The zero-order chi connectivity index (χ0) is 13.7. The van der Waals surface area contributed by atoms with Crippen LogP contribution in [0.3, 0.4) is 0 Å². The van der Waals surface area contributed by atoms with Crippen LogP contribution in [0.2, 0.25) is 0 Å². The largest absolute Gasteiger partial charge is 0.497 e. The summed E-state index contributed by atoms with van der Waals surface area (Å²) in [6, 6.07) is 13.4. The molecule has 0 heterocycles. The Hall–Kier alpha value is -2.07. The molecule has 0 aliphatic carbocycles. The lowest BCUT2D eigenvalue weighted by molar-refractivity contribution is 0.105. The topological polar surface area (TPSA) is 38.7 Å². The number of methoxy groups -OCH3 is 1. The highest BCUT2D eigenvalue weighted by atomic mass is 19.1. The Kier molecular flexibility index (Phi) is 4.36. The van der Waals surface area contributed by atoms with E-state index < -0.39 is 11.9 Å². The molecule has 1 atom stereocenters. The maximum Gasteiger partial charge on any atom is 0.132 e. The molecule has 2 rings (SSSR count). The molecule has 1 unspecified atom stereocenters. The normalized spacial score (nSPS) is 11.9. The molecule has 0 aliphatic heterocycles. The van der Waals surface area contributed by atoms with Crippen molar-refractivity contribution in [2.45, 2.75) is 6.10 Å². The second-order valence-electron chi connectivity index (χ2n) is 4.03. The van der Waals surface area contributed by atoms with E-state index in [1.165, 1.54) is 19.2 Å². The summed E-state index contributed by atoms with van der Waals surface area (Å²) in [5.74, 6) is 0.538. The Balaban J connectivity index is 2.02. The summed E-state index contributed by atoms with van der Waals surface area (Å²) in [6.45, 7) is -0.00668. The molecular formula is C15H15FO3. The number of halogens is 1. The lowest BCUT2D eigenvalue weighted by Gasteiger charge is -2.14. The van der Waals surface area contributed by atoms with E-state index in [-0.39, 0.29) is 12.2 Å². The zero-order valence-corrected chi connectivity index (χ0v) is 10.5. The second-order valence-corrected chi connectivity index (χ2v) is 4.03. The van der Waals surface area contributed by atoms with Crippen molar-refractivity contribution in [3.63, 3.8) is 0 Å². The monoisotopic (exact) mass is 262 g/mol. The maximum atomic E-state index is 13.7. The van der Waals surface area contributed by atoms with E-state index in [0.29, 0.717) is 11.5 Å². The SMILES string of the molecule is COc1ccc(C(O)COc2ccccc2)c(F)c1. The van der Waals surface area contributed by atoms with Crippen molar-refractivity contribution in [1.82, 2.24) is 0 Å². The van der Waals surface area contributed by atoms with Crippen LogP contribution in [-0.2, 0) is 0 Å². The van der Waals surface area contributed by atoms with Gasteiger partial charge in [-0.05, 0) is 24.3 Å². The van der Waals surface area contributed by atoms with Crippen LogP contribution in [0.5, 0.6) is 11.5 Å². The summed E-state index contributed by atoms with van der Waals surface area (Å²) in [6.07, 6.45) is -1.02. The summed E-state index contributed by atoms with van der Waals surface area (Å²) in [5, 5.41) is 9.92. The van der Waals surface area contributed by atoms with E-state index in [0.717, 1.165) is 0 Å². The smallest absolute Gasteiger partial charge is 0.132 e. The molecule has 2 aromatic rings.